The van der Waals surface area contributed by atoms with Gasteiger partial charge in [0.25, 0.3) is 0 Å². The summed E-state index contributed by atoms with van der Waals surface area (Å²) in [5.41, 5.74) is 3.91. The number of fused-ring (bicyclic) bond motifs is 1. The third-order valence-corrected chi connectivity index (χ3v) is 5.78. The van der Waals surface area contributed by atoms with Crippen molar-refractivity contribution in [3.63, 3.8) is 0 Å². The molecule has 0 aromatic heterocycles. The molecule has 0 radical (unpaired) electrons. The summed E-state index contributed by atoms with van der Waals surface area (Å²) in [5, 5.41) is 7.44. The van der Waals surface area contributed by atoms with Crippen molar-refractivity contribution in [2.24, 2.45) is 11.8 Å². The van der Waals surface area contributed by atoms with Crippen LogP contribution in [-0.4, -0.2) is 18.9 Å². The SMILES string of the molecule is COC(=O)[C@@H]1C(=O)C2=C(C[C@H]1C)Nc1ccccc1N[C@H]2c1ccccc1Cl. The highest BCUT2D eigenvalue weighted by Gasteiger charge is 2.44. The lowest BCUT2D eigenvalue weighted by molar-refractivity contribution is -0.151. The maximum Gasteiger partial charge on any atom is 0.316 e. The first-order valence-corrected chi connectivity index (χ1v) is 9.61. The first-order chi connectivity index (χ1) is 13.5. The molecule has 1 aliphatic heterocycles. The third kappa shape index (κ3) is 3.06. The smallest absolute Gasteiger partial charge is 0.316 e. The van der Waals surface area contributed by atoms with Crippen molar-refractivity contribution in [2.75, 3.05) is 17.7 Å². The van der Waals surface area contributed by atoms with Crippen LogP contribution >= 0.6 is 11.6 Å². The molecule has 1 heterocycles. The number of halogens is 1. The lowest BCUT2D eigenvalue weighted by Crippen LogP contribution is -2.39. The van der Waals surface area contributed by atoms with Gasteiger partial charge in [0.05, 0.1) is 24.5 Å². The zero-order valence-electron chi connectivity index (χ0n) is 15.7. The van der Waals surface area contributed by atoms with Crippen molar-refractivity contribution >= 4 is 34.7 Å². The molecule has 2 aliphatic rings. The Morgan fingerprint density at radius 3 is 2.50 bits per heavy atom. The van der Waals surface area contributed by atoms with Crippen molar-refractivity contribution in [1.82, 2.24) is 0 Å². The van der Waals surface area contributed by atoms with Crippen LogP contribution in [0.1, 0.15) is 24.9 Å². The number of methoxy groups -OCH3 is 1. The highest BCUT2D eigenvalue weighted by atomic mass is 35.5. The van der Waals surface area contributed by atoms with Gasteiger partial charge in [0, 0.05) is 16.3 Å². The quantitative estimate of drug-likeness (QED) is 0.575. The van der Waals surface area contributed by atoms with Crippen LogP contribution in [0, 0.1) is 11.8 Å². The number of allylic oxidation sites excluding steroid dienone is 1. The average Bonchev–Trinajstić information content (AvgIpc) is 2.84. The first-order valence-electron chi connectivity index (χ1n) is 9.23. The van der Waals surface area contributed by atoms with E-state index in [1.54, 1.807) is 6.07 Å². The number of anilines is 2. The van der Waals surface area contributed by atoms with Crippen LogP contribution in [0.25, 0.3) is 0 Å². The minimum absolute atomic E-state index is 0.164. The Balaban J connectivity index is 1.90. The van der Waals surface area contributed by atoms with E-state index >= 15 is 0 Å². The minimum atomic E-state index is -0.821. The van der Waals surface area contributed by atoms with E-state index in [1.807, 2.05) is 49.4 Å². The number of benzene rings is 2. The Hall–Kier alpha value is -2.79. The molecule has 0 saturated heterocycles. The second-order valence-corrected chi connectivity index (χ2v) is 7.62. The largest absolute Gasteiger partial charge is 0.468 e. The molecule has 5 nitrogen and oxygen atoms in total. The minimum Gasteiger partial charge on any atom is -0.468 e. The van der Waals surface area contributed by atoms with Crippen LogP contribution < -0.4 is 10.6 Å². The molecule has 0 saturated carbocycles. The van der Waals surface area contributed by atoms with Crippen LogP contribution in [0.15, 0.2) is 59.8 Å². The van der Waals surface area contributed by atoms with Crippen LogP contribution in [0.2, 0.25) is 5.02 Å². The predicted octanol–water partition coefficient (Wildman–Crippen LogP) is 4.57. The van der Waals surface area contributed by atoms with E-state index in [0.29, 0.717) is 17.0 Å². The van der Waals surface area contributed by atoms with Crippen LogP contribution in [0.4, 0.5) is 11.4 Å². The van der Waals surface area contributed by atoms with Crippen molar-refractivity contribution in [2.45, 2.75) is 19.4 Å². The molecule has 6 heteroatoms. The fraction of sp³-hybridized carbons (Fsp3) is 0.273. The lowest BCUT2D eigenvalue weighted by Gasteiger charge is -2.32. The van der Waals surface area contributed by atoms with Gasteiger partial charge in [0.15, 0.2) is 5.78 Å². The molecule has 0 spiro atoms. The Kier molecular flexibility index (Phi) is 4.85. The van der Waals surface area contributed by atoms with Crippen LogP contribution in [0.3, 0.4) is 0 Å². The Morgan fingerprint density at radius 1 is 1.11 bits per heavy atom. The number of carbonyl (C=O) groups is 2. The molecule has 0 amide bonds. The number of carbonyl (C=O) groups excluding carboxylic acids is 2. The average molecular weight is 397 g/mol. The Bertz CT molecular complexity index is 985. The summed E-state index contributed by atoms with van der Waals surface area (Å²) in [5.74, 6) is -1.70. The number of hydrogen-bond acceptors (Lipinski definition) is 5. The highest BCUT2D eigenvalue weighted by molar-refractivity contribution is 6.31. The fourth-order valence-electron chi connectivity index (χ4n) is 4.08. The van der Waals surface area contributed by atoms with Gasteiger partial charge >= 0.3 is 5.97 Å². The second kappa shape index (κ2) is 7.32. The number of hydrogen-bond donors (Lipinski definition) is 2. The number of ketones is 1. The summed E-state index contributed by atoms with van der Waals surface area (Å²) in [6.45, 7) is 1.90. The second-order valence-electron chi connectivity index (χ2n) is 7.21. The molecule has 2 aromatic rings. The maximum absolute atomic E-state index is 13.5. The lowest BCUT2D eigenvalue weighted by atomic mass is 9.75. The number of nitrogens with one attached hydrogen (secondary N) is 2. The van der Waals surface area contributed by atoms with Crippen LogP contribution in [-0.2, 0) is 14.3 Å². The van der Waals surface area contributed by atoms with E-state index in [4.69, 9.17) is 16.3 Å². The maximum atomic E-state index is 13.5. The molecule has 0 unspecified atom stereocenters. The number of para-hydroxylation sites is 2. The van der Waals surface area contributed by atoms with E-state index < -0.39 is 17.9 Å². The van der Waals surface area contributed by atoms with Gasteiger partial charge in [0.1, 0.15) is 5.92 Å². The number of rotatable bonds is 2. The molecule has 2 N–H and O–H groups in total. The van der Waals surface area contributed by atoms with Crippen molar-refractivity contribution in [1.29, 1.82) is 0 Å². The molecule has 0 fully saturated rings. The monoisotopic (exact) mass is 396 g/mol. The molecule has 4 rings (SSSR count). The van der Waals surface area contributed by atoms with Gasteiger partial charge in [-0.05, 0) is 36.1 Å². The summed E-state index contributed by atoms with van der Waals surface area (Å²) >= 11 is 6.49. The summed E-state index contributed by atoms with van der Waals surface area (Å²) in [4.78, 5) is 25.8. The molecular weight excluding hydrogens is 376 g/mol. The zero-order chi connectivity index (χ0) is 19.8. The van der Waals surface area contributed by atoms with Gasteiger partial charge in [-0.2, -0.15) is 0 Å². The Labute approximate surface area is 168 Å². The van der Waals surface area contributed by atoms with Gasteiger partial charge < -0.3 is 15.4 Å². The van der Waals surface area contributed by atoms with Crippen molar-refractivity contribution < 1.29 is 14.3 Å². The number of ether oxygens (including phenoxy) is 1. The number of Topliss-reactive ketones (excluding diaryl/α,β-unsaturated/α-hetero) is 1. The van der Waals surface area contributed by atoms with Gasteiger partial charge in [0.2, 0.25) is 0 Å². The fourth-order valence-corrected chi connectivity index (χ4v) is 4.32. The summed E-state index contributed by atoms with van der Waals surface area (Å²) < 4.78 is 4.92. The van der Waals surface area contributed by atoms with E-state index in [0.717, 1.165) is 22.6 Å². The van der Waals surface area contributed by atoms with Gasteiger partial charge in [-0.15, -0.1) is 0 Å². The molecule has 2 aromatic carbocycles. The zero-order valence-corrected chi connectivity index (χ0v) is 16.4. The Morgan fingerprint density at radius 2 is 1.79 bits per heavy atom. The summed E-state index contributed by atoms with van der Waals surface area (Å²) in [7, 11) is 1.32. The standard InChI is InChI=1S/C22H21ClN2O3/c1-12-11-17-19(21(26)18(12)22(27)28-2)20(13-7-3-4-8-14(13)23)25-16-10-6-5-9-15(16)24-17/h3-10,12,18,20,24-25H,11H2,1-2H3/t12-,18+,20+/m1/s1. The molecule has 144 valence electrons. The van der Waals surface area contributed by atoms with Crippen molar-refractivity contribution in [3.05, 3.63) is 70.4 Å². The summed E-state index contributed by atoms with van der Waals surface area (Å²) in [6.07, 6.45) is 0.567. The molecular formula is C22H21ClN2O3. The van der Waals surface area contributed by atoms with Crippen molar-refractivity contribution in [3.8, 4) is 0 Å². The third-order valence-electron chi connectivity index (χ3n) is 5.44. The van der Waals surface area contributed by atoms with E-state index in [1.165, 1.54) is 7.11 Å². The molecule has 3 atom stereocenters. The van der Waals surface area contributed by atoms with Crippen LogP contribution in [0.5, 0.6) is 0 Å². The van der Waals surface area contributed by atoms with Gasteiger partial charge in [-0.25, -0.2) is 0 Å². The van der Waals surface area contributed by atoms with E-state index in [2.05, 4.69) is 10.6 Å². The molecule has 1 aliphatic carbocycles. The van der Waals surface area contributed by atoms with E-state index in [-0.39, 0.29) is 11.7 Å². The van der Waals surface area contributed by atoms with E-state index in [9.17, 15) is 9.59 Å². The normalized spacial score (nSPS) is 23.7. The first kappa shape index (κ1) is 18.6. The van der Waals surface area contributed by atoms with Gasteiger partial charge in [-0.1, -0.05) is 48.9 Å². The predicted molar refractivity (Wildman–Crippen MR) is 109 cm³/mol. The molecule has 0 bridgehead atoms. The highest BCUT2D eigenvalue weighted by Crippen LogP contribution is 2.44. The van der Waals surface area contributed by atoms with Gasteiger partial charge in [-0.3, -0.25) is 9.59 Å². The molecule has 28 heavy (non-hydrogen) atoms. The summed E-state index contributed by atoms with van der Waals surface area (Å²) in [6, 6.07) is 14.8. The number of esters is 1. The topological polar surface area (TPSA) is 67.4 Å².